The highest BCUT2D eigenvalue weighted by molar-refractivity contribution is 6.30. The smallest absolute Gasteiger partial charge is 0.255 e. The summed E-state index contributed by atoms with van der Waals surface area (Å²) in [6.07, 6.45) is 1.48. The second kappa shape index (κ2) is 7.60. The van der Waals surface area contributed by atoms with E-state index in [2.05, 4.69) is 20.7 Å². The second-order valence-corrected chi connectivity index (χ2v) is 7.48. The number of carbonyl (C=O) groups is 1. The van der Waals surface area contributed by atoms with Crippen LogP contribution in [-0.2, 0) is 4.79 Å². The SMILES string of the molecule is CC1=C(C(=O)Nc2ccc(Cl)cc2)[C@@H](c2ccc(N(C)C)cc2)n2ncnc2N1. The summed E-state index contributed by atoms with van der Waals surface area (Å²) in [6, 6.07) is 14.7. The third kappa shape index (κ3) is 3.69. The van der Waals surface area contributed by atoms with Crippen molar-refractivity contribution < 1.29 is 4.79 Å². The van der Waals surface area contributed by atoms with E-state index in [-0.39, 0.29) is 5.91 Å². The van der Waals surface area contributed by atoms with Crippen LogP contribution in [0.4, 0.5) is 17.3 Å². The molecule has 7 nitrogen and oxygen atoms in total. The van der Waals surface area contributed by atoms with Gasteiger partial charge in [0.05, 0.1) is 5.57 Å². The van der Waals surface area contributed by atoms with Crippen molar-refractivity contribution in [3.8, 4) is 0 Å². The molecule has 0 fully saturated rings. The molecule has 2 aromatic carbocycles. The summed E-state index contributed by atoms with van der Waals surface area (Å²) in [5.41, 5.74) is 4.01. The van der Waals surface area contributed by atoms with Gasteiger partial charge in [0.1, 0.15) is 12.4 Å². The Labute approximate surface area is 174 Å². The highest BCUT2D eigenvalue weighted by Crippen LogP contribution is 2.35. The molecule has 4 rings (SSSR count). The highest BCUT2D eigenvalue weighted by Gasteiger charge is 2.33. The zero-order chi connectivity index (χ0) is 20.5. The summed E-state index contributed by atoms with van der Waals surface area (Å²) in [4.78, 5) is 19.5. The molecule has 2 heterocycles. The number of anilines is 3. The molecule has 0 saturated heterocycles. The first-order valence-electron chi connectivity index (χ1n) is 9.15. The van der Waals surface area contributed by atoms with Gasteiger partial charge in [-0.1, -0.05) is 23.7 Å². The number of halogens is 1. The van der Waals surface area contributed by atoms with Gasteiger partial charge in [0.15, 0.2) is 0 Å². The third-order valence-corrected chi connectivity index (χ3v) is 5.12. The van der Waals surface area contributed by atoms with E-state index in [1.54, 1.807) is 28.9 Å². The van der Waals surface area contributed by atoms with Crippen LogP contribution in [0.5, 0.6) is 0 Å². The summed E-state index contributed by atoms with van der Waals surface area (Å²) < 4.78 is 1.73. The maximum Gasteiger partial charge on any atom is 0.255 e. The monoisotopic (exact) mass is 408 g/mol. The van der Waals surface area contributed by atoms with Crippen LogP contribution in [0.2, 0.25) is 5.02 Å². The maximum absolute atomic E-state index is 13.2. The number of hydrogen-bond acceptors (Lipinski definition) is 5. The molecule has 29 heavy (non-hydrogen) atoms. The number of nitrogens with one attached hydrogen (secondary N) is 2. The Morgan fingerprint density at radius 1 is 1.14 bits per heavy atom. The Morgan fingerprint density at radius 3 is 2.48 bits per heavy atom. The summed E-state index contributed by atoms with van der Waals surface area (Å²) in [7, 11) is 3.98. The summed E-state index contributed by atoms with van der Waals surface area (Å²) >= 11 is 5.95. The van der Waals surface area contributed by atoms with Crippen LogP contribution in [0.15, 0.2) is 66.1 Å². The van der Waals surface area contributed by atoms with Crippen molar-refractivity contribution in [3.05, 3.63) is 76.7 Å². The normalized spacial score (nSPS) is 15.5. The number of aromatic nitrogens is 3. The molecule has 8 heteroatoms. The summed E-state index contributed by atoms with van der Waals surface area (Å²) in [5, 5.41) is 11.1. The molecule has 2 N–H and O–H groups in total. The van der Waals surface area contributed by atoms with E-state index in [0.29, 0.717) is 22.2 Å². The van der Waals surface area contributed by atoms with E-state index in [1.165, 1.54) is 6.33 Å². The molecule has 1 atom stereocenters. The van der Waals surface area contributed by atoms with Crippen LogP contribution in [0.25, 0.3) is 0 Å². The second-order valence-electron chi connectivity index (χ2n) is 7.04. The van der Waals surface area contributed by atoms with Gasteiger partial charge in [0, 0.05) is 36.2 Å². The van der Waals surface area contributed by atoms with E-state index in [1.807, 2.05) is 50.2 Å². The van der Waals surface area contributed by atoms with Crippen LogP contribution in [0.3, 0.4) is 0 Å². The molecular formula is C21H21ClN6O. The van der Waals surface area contributed by atoms with Crippen LogP contribution in [0, 0.1) is 0 Å². The molecule has 0 spiro atoms. The summed E-state index contributed by atoms with van der Waals surface area (Å²) in [6.45, 7) is 1.87. The Kier molecular flexibility index (Phi) is 4.98. The van der Waals surface area contributed by atoms with Gasteiger partial charge in [-0.05, 0) is 48.9 Å². The van der Waals surface area contributed by atoms with Crippen molar-refractivity contribution in [2.45, 2.75) is 13.0 Å². The molecular weight excluding hydrogens is 388 g/mol. The molecule has 148 valence electrons. The van der Waals surface area contributed by atoms with E-state index in [0.717, 1.165) is 16.9 Å². The molecule has 1 aliphatic heterocycles. The fraction of sp³-hybridized carbons (Fsp3) is 0.190. The third-order valence-electron chi connectivity index (χ3n) is 4.87. The Bertz CT molecular complexity index is 1070. The lowest BCUT2D eigenvalue weighted by Gasteiger charge is -2.29. The minimum Gasteiger partial charge on any atom is -0.378 e. The number of allylic oxidation sites excluding steroid dienone is 1. The van der Waals surface area contributed by atoms with E-state index >= 15 is 0 Å². The molecule has 0 unspecified atom stereocenters. The number of rotatable bonds is 4. The van der Waals surface area contributed by atoms with Crippen LogP contribution < -0.4 is 15.5 Å². The zero-order valence-corrected chi connectivity index (χ0v) is 17.1. The van der Waals surface area contributed by atoms with Gasteiger partial charge < -0.3 is 15.5 Å². The zero-order valence-electron chi connectivity index (χ0n) is 16.3. The number of carbonyl (C=O) groups excluding carboxylic acids is 1. The number of hydrogen-bond donors (Lipinski definition) is 2. The first-order valence-corrected chi connectivity index (χ1v) is 9.53. The van der Waals surface area contributed by atoms with E-state index in [4.69, 9.17) is 11.6 Å². The molecule has 1 aromatic heterocycles. The van der Waals surface area contributed by atoms with Crippen molar-refractivity contribution in [1.82, 2.24) is 14.8 Å². The standard InChI is InChI=1S/C21H21ClN6O/c1-13-18(20(29)26-16-8-6-15(22)7-9-16)19(28-21(25-13)23-12-24-28)14-4-10-17(11-5-14)27(2)3/h4-12,19H,1-3H3,(H,26,29)(H,23,24,25)/t19-/m1/s1. The van der Waals surface area contributed by atoms with Crippen molar-refractivity contribution in [2.24, 2.45) is 0 Å². The van der Waals surface area contributed by atoms with Crippen LogP contribution in [-0.4, -0.2) is 34.8 Å². The largest absolute Gasteiger partial charge is 0.378 e. The quantitative estimate of drug-likeness (QED) is 0.684. The minimum atomic E-state index is -0.391. The van der Waals surface area contributed by atoms with Crippen molar-refractivity contribution in [3.63, 3.8) is 0 Å². The lowest BCUT2D eigenvalue weighted by atomic mass is 9.94. The lowest BCUT2D eigenvalue weighted by Crippen LogP contribution is -2.31. The first kappa shape index (κ1) is 19.0. The predicted octanol–water partition coefficient (Wildman–Crippen LogP) is 3.93. The van der Waals surface area contributed by atoms with Crippen molar-refractivity contribution in [1.29, 1.82) is 0 Å². The van der Waals surface area contributed by atoms with E-state index in [9.17, 15) is 4.79 Å². The van der Waals surface area contributed by atoms with E-state index < -0.39 is 6.04 Å². The molecule has 1 aliphatic rings. The number of nitrogens with zero attached hydrogens (tertiary/aromatic N) is 4. The Balaban J connectivity index is 1.73. The van der Waals surface area contributed by atoms with Crippen LogP contribution in [0.1, 0.15) is 18.5 Å². The molecule has 0 radical (unpaired) electrons. The minimum absolute atomic E-state index is 0.208. The Morgan fingerprint density at radius 2 is 1.83 bits per heavy atom. The van der Waals surface area contributed by atoms with Crippen molar-refractivity contribution >= 4 is 34.8 Å². The Hall–Kier alpha value is -3.32. The molecule has 3 aromatic rings. The van der Waals surface area contributed by atoms with Gasteiger partial charge in [0.25, 0.3) is 5.91 Å². The van der Waals surface area contributed by atoms with Gasteiger partial charge in [-0.15, -0.1) is 0 Å². The highest BCUT2D eigenvalue weighted by atomic mass is 35.5. The predicted molar refractivity (Wildman–Crippen MR) is 115 cm³/mol. The molecule has 1 amide bonds. The molecule has 0 saturated carbocycles. The van der Waals surface area contributed by atoms with Gasteiger partial charge in [-0.3, -0.25) is 4.79 Å². The number of fused-ring (bicyclic) bond motifs is 1. The number of amides is 1. The molecule has 0 bridgehead atoms. The topological polar surface area (TPSA) is 75.1 Å². The fourth-order valence-electron chi connectivity index (χ4n) is 3.38. The average molecular weight is 409 g/mol. The summed E-state index contributed by atoms with van der Waals surface area (Å²) in [5.74, 6) is 0.396. The van der Waals surface area contributed by atoms with Gasteiger partial charge in [0.2, 0.25) is 5.95 Å². The van der Waals surface area contributed by atoms with Gasteiger partial charge in [-0.25, -0.2) is 4.68 Å². The van der Waals surface area contributed by atoms with Gasteiger partial charge in [-0.2, -0.15) is 10.1 Å². The van der Waals surface area contributed by atoms with Gasteiger partial charge >= 0.3 is 0 Å². The van der Waals surface area contributed by atoms with Crippen LogP contribution >= 0.6 is 11.6 Å². The van der Waals surface area contributed by atoms with Crippen molar-refractivity contribution in [2.75, 3.05) is 29.6 Å². The first-order chi connectivity index (χ1) is 13.9. The number of benzene rings is 2. The lowest BCUT2D eigenvalue weighted by molar-refractivity contribution is -0.113. The average Bonchev–Trinajstić information content (AvgIpc) is 3.16. The molecule has 0 aliphatic carbocycles. The maximum atomic E-state index is 13.2. The fourth-order valence-corrected chi connectivity index (χ4v) is 3.51.